The van der Waals surface area contributed by atoms with E-state index < -0.39 is 0 Å². The Labute approximate surface area is 99.7 Å². The zero-order chi connectivity index (χ0) is 11.8. The highest BCUT2D eigenvalue weighted by Crippen LogP contribution is 2.30. The summed E-state index contributed by atoms with van der Waals surface area (Å²) in [5.74, 6) is 0. The normalized spacial score (nSPS) is 20.0. The fourth-order valence-electron chi connectivity index (χ4n) is 2.61. The Hall–Kier alpha value is -0.820. The molecule has 1 aliphatic rings. The van der Waals surface area contributed by atoms with E-state index in [0.717, 1.165) is 4.48 Å². The molecule has 1 heteroatoms. The van der Waals surface area contributed by atoms with Gasteiger partial charge in [0.2, 0.25) is 0 Å². The first kappa shape index (κ1) is 11.7. The highest BCUT2D eigenvalue weighted by molar-refractivity contribution is 5.45. The zero-order valence-electron chi connectivity index (χ0n) is 11.1. The molecule has 0 spiro atoms. The van der Waals surface area contributed by atoms with Gasteiger partial charge < -0.3 is 0 Å². The number of hydrogen-bond donors (Lipinski definition) is 0. The van der Waals surface area contributed by atoms with Gasteiger partial charge in [-0.3, -0.25) is 4.48 Å². The van der Waals surface area contributed by atoms with E-state index in [0.29, 0.717) is 0 Å². The molecule has 2 rings (SSSR count). The van der Waals surface area contributed by atoms with E-state index in [9.17, 15) is 0 Å². The van der Waals surface area contributed by atoms with Crippen LogP contribution < -0.4 is 4.48 Å². The number of likely N-dealkylation sites (tertiary alicyclic amines) is 1. The lowest BCUT2D eigenvalue weighted by molar-refractivity contribution is 0.405. The second-order valence-electron chi connectivity index (χ2n) is 6.35. The first-order valence-corrected chi connectivity index (χ1v) is 6.37. The number of nitrogens with zero attached hydrogens (tertiary/aromatic N) is 1. The Balaban J connectivity index is 2.26. The van der Waals surface area contributed by atoms with Crippen molar-refractivity contribution < 1.29 is 0 Å². The predicted molar refractivity (Wildman–Crippen MR) is 71.8 cm³/mol. The maximum absolute atomic E-state index is 2.36. The average Bonchev–Trinajstić information content (AvgIpc) is 2.66. The van der Waals surface area contributed by atoms with Crippen molar-refractivity contribution in [3.63, 3.8) is 0 Å². The molecule has 0 unspecified atom stereocenters. The predicted octanol–water partition coefficient (Wildman–Crippen LogP) is 3.72. The second kappa shape index (κ2) is 3.89. The molecule has 1 saturated heterocycles. The van der Waals surface area contributed by atoms with E-state index in [1.807, 2.05) is 0 Å². The van der Waals surface area contributed by atoms with Gasteiger partial charge in [0.05, 0.1) is 20.1 Å². The summed E-state index contributed by atoms with van der Waals surface area (Å²) in [6.45, 7) is 9.42. The minimum atomic E-state index is 0.266. The topological polar surface area (TPSA) is 0 Å². The van der Waals surface area contributed by atoms with Crippen molar-refractivity contribution in [3.8, 4) is 0 Å². The fraction of sp³-hybridized carbons (Fsp3) is 0.600. The molecule has 1 aromatic rings. The third-order valence-electron chi connectivity index (χ3n) is 3.91. The van der Waals surface area contributed by atoms with Crippen LogP contribution in [-0.2, 0) is 5.41 Å². The summed E-state index contributed by atoms with van der Waals surface area (Å²) in [6, 6.07) is 9.26. The third-order valence-corrected chi connectivity index (χ3v) is 3.91. The van der Waals surface area contributed by atoms with Crippen molar-refractivity contribution in [2.45, 2.75) is 39.0 Å². The van der Waals surface area contributed by atoms with Gasteiger partial charge in [0.15, 0.2) is 0 Å². The van der Waals surface area contributed by atoms with Crippen LogP contribution in [0.4, 0.5) is 5.69 Å². The van der Waals surface area contributed by atoms with Crippen molar-refractivity contribution in [1.29, 1.82) is 0 Å². The van der Waals surface area contributed by atoms with Crippen LogP contribution in [0.1, 0.15) is 39.2 Å². The van der Waals surface area contributed by atoms with Crippen molar-refractivity contribution in [3.05, 3.63) is 29.8 Å². The van der Waals surface area contributed by atoms with Gasteiger partial charge in [-0.05, 0) is 23.1 Å². The molecule has 16 heavy (non-hydrogen) atoms. The molecule has 0 bridgehead atoms. The molecule has 1 fully saturated rings. The quantitative estimate of drug-likeness (QED) is 0.630. The minimum absolute atomic E-state index is 0.266. The molecule has 0 saturated carbocycles. The van der Waals surface area contributed by atoms with Crippen LogP contribution in [0.5, 0.6) is 0 Å². The van der Waals surface area contributed by atoms with Crippen LogP contribution in [-0.4, -0.2) is 20.1 Å². The summed E-state index contributed by atoms with van der Waals surface area (Å²) < 4.78 is 1.13. The van der Waals surface area contributed by atoms with Gasteiger partial charge in [-0.2, -0.15) is 0 Å². The Morgan fingerprint density at radius 3 is 1.88 bits per heavy atom. The standard InChI is InChI=1S/C15H24N/c1-15(2,3)13-7-9-14(10-8-13)16(4)11-5-6-12-16/h7-10H,5-6,11-12H2,1-4H3/q+1. The molecule has 88 valence electrons. The van der Waals surface area contributed by atoms with Crippen LogP contribution >= 0.6 is 0 Å². The van der Waals surface area contributed by atoms with Crippen LogP contribution in [0.15, 0.2) is 24.3 Å². The Morgan fingerprint density at radius 1 is 0.938 bits per heavy atom. The van der Waals surface area contributed by atoms with Gasteiger partial charge >= 0.3 is 0 Å². The summed E-state index contributed by atoms with van der Waals surface area (Å²) >= 11 is 0. The van der Waals surface area contributed by atoms with Gasteiger partial charge in [0.25, 0.3) is 0 Å². The number of benzene rings is 1. The van der Waals surface area contributed by atoms with Crippen molar-refractivity contribution in [2.24, 2.45) is 0 Å². The van der Waals surface area contributed by atoms with Crippen LogP contribution in [0.25, 0.3) is 0 Å². The van der Waals surface area contributed by atoms with Crippen molar-refractivity contribution in [2.75, 3.05) is 20.1 Å². The van der Waals surface area contributed by atoms with Gasteiger partial charge in [0.1, 0.15) is 5.69 Å². The maximum atomic E-state index is 2.36. The lowest BCUT2D eigenvalue weighted by Crippen LogP contribution is -2.41. The summed E-state index contributed by atoms with van der Waals surface area (Å²) in [5.41, 5.74) is 3.18. The Kier molecular flexibility index (Phi) is 2.83. The van der Waals surface area contributed by atoms with Crippen LogP contribution in [0.3, 0.4) is 0 Å². The molecular formula is C15H24N+. The third kappa shape index (κ3) is 2.15. The molecule has 0 aliphatic carbocycles. The summed E-state index contributed by atoms with van der Waals surface area (Å²) in [7, 11) is 2.36. The molecule has 0 radical (unpaired) electrons. The molecule has 0 amide bonds. The Bertz CT molecular complexity index is 350. The SMILES string of the molecule is CC(C)(C)c1ccc([N+]2(C)CCCC2)cc1. The maximum Gasteiger partial charge on any atom is 0.132 e. The van der Waals surface area contributed by atoms with Gasteiger partial charge in [-0.15, -0.1) is 0 Å². The lowest BCUT2D eigenvalue weighted by Gasteiger charge is -2.29. The van der Waals surface area contributed by atoms with E-state index in [4.69, 9.17) is 0 Å². The summed E-state index contributed by atoms with van der Waals surface area (Å²) in [5, 5.41) is 0. The number of hydrogen-bond acceptors (Lipinski definition) is 0. The van der Waals surface area contributed by atoms with E-state index >= 15 is 0 Å². The Morgan fingerprint density at radius 2 is 1.44 bits per heavy atom. The molecule has 1 aromatic carbocycles. The number of quaternary nitrogens is 1. The minimum Gasteiger partial charge on any atom is -0.294 e. The van der Waals surface area contributed by atoms with Crippen molar-refractivity contribution in [1.82, 2.24) is 4.48 Å². The van der Waals surface area contributed by atoms with Gasteiger partial charge in [0, 0.05) is 12.8 Å². The van der Waals surface area contributed by atoms with E-state index in [1.54, 1.807) is 0 Å². The largest absolute Gasteiger partial charge is 0.294 e. The fourth-order valence-corrected chi connectivity index (χ4v) is 2.61. The molecular weight excluding hydrogens is 194 g/mol. The highest BCUT2D eigenvalue weighted by atomic mass is 15.3. The van der Waals surface area contributed by atoms with Crippen molar-refractivity contribution >= 4 is 5.69 Å². The first-order chi connectivity index (χ1) is 7.42. The van der Waals surface area contributed by atoms with E-state index in [2.05, 4.69) is 52.1 Å². The molecule has 0 N–H and O–H groups in total. The number of rotatable bonds is 1. The monoisotopic (exact) mass is 218 g/mol. The van der Waals surface area contributed by atoms with E-state index in [-0.39, 0.29) is 5.41 Å². The van der Waals surface area contributed by atoms with Crippen LogP contribution in [0, 0.1) is 0 Å². The van der Waals surface area contributed by atoms with E-state index in [1.165, 1.54) is 37.2 Å². The average molecular weight is 218 g/mol. The molecule has 0 atom stereocenters. The van der Waals surface area contributed by atoms with Gasteiger partial charge in [-0.1, -0.05) is 32.9 Å². The molecule has 1 nitrogen and oxygen atoms in total. The summed E-state index contributed by atoms with van der Waals surface area (Å²) in [4.78, 5) is 0. The first-order valence-electron chi connectivity index (χ1n) is 6.37. The smallest absolute Gasteiger partial charge is 0.132 e. The van der Waals surface area contributed by atoms with Gasteiger partial charge in [-0.25, -0.2) is 0 Å². The highest BCUT2D eigenvalue weighted by Gasteiger charge is 2.29. The summed E-state index contributed by atoms with van der Waals surface area (Å²) in [6.07, 6.45) is 2.75. The second-order valence-corrected chi connectivity index (χ2v) is 6.35. The molecule has 1 aliphatic heterocycles. The lowest BCUT2D eigenvalue weighted by atomic mass is 9.87. The molecule has 1 heterocycles. The van der Waals surface area contributed by atoms with Crippen LogP contribution in [0.2, 0.25) is 0 Å². The zero-order valence-corrected chi connectivity index (χ0v) is 11.1. The molecule has 0 aromatic heterocycles.